The van der Waals surface area contributed by atoms with Gasteiger partial charge >= 0.3 is 6.09 Å². The fraction of sp³-hybridized carbons (Fsp3) is 0.400. The molecule has 1 aromatic rings. The highest BCUT2D eigenvalue weighted by Crippen LogP contribution is 2.20. The SMILES string of the molecule is CC(C)OC(=O)N(C)c1ccncc1N. The van der Waals surface area contributed by atoms with E-state index in [2.05, 4.69) is 4.98 Å². The Balaban J connectivity index is 2.81. The fourth-order valence-electron chi connectivity index (χ4n) is 1.08. The number of nitrogens with two attached hydrogens (primary N) is 1. The molecule has 0 aliphatic heterocycles. The number of aromatic nitrogens is 1. The zero-order valence-electron chi connectivity index (χ0n) is 9.10. The van der Waals surface area contributed by atoms with Crippen LogP contribution in [0.2, 0.25) is 0 Å². The Morgan fingerprint density at radius 2 is 2.27 bits per heavy atom. The molecule has 0 saturated carbocycles. The molecule has 0 radical (unpaired) electrons. The summed E-state index contributed by atoms with van der Waals surface area (Å²) in [5.41, 5.74) is 6.72. The number of carbonyl (C=O) groups is 1. The number of carbonyl (C=O) groups excluding carboxylic acids is 1. The molecule has 0 saturated heterocycles. The van der Waals surface area contributed by atoms with E-state index in [0.717, 1.165) is 0 Å². The van der Waals surface area contributed by atoms with Crippen molar-refractivity contribution in [2.24, 2.45) is 0 Å². The molecule has 5 heteroatoms. The third-order valence-corrected chi connectivity index (χ3v) is 1.80. The molecule has 2 N–H and O–H groups in total. The van der Waals surface area contributed by atoms with Gasteiger partial charge < -0.3 is 10.5 Å². The molecule has 1 amide bonds. The van der Waals surface area contributed by atoms with Gasteiger partial charge in [0.25, 0.3) is 0 Å². The van der Waals surface area contributed by atoms with Crippen molar-refractivity contribution in [1.29, 1.82) is 0 Å². The highest BCUT2D eigenvalue weighted by atomic mass is 16.6. The van der Waals surface area contributed by atoms with Gasteiger partial charge in [-0.2, -0.15) is 0 Å². The van der Waals surface area contributed by atoms with Crippen LogP contribution in [-0.4, -0.2) is 24.2 Å². The number of hydrogen-bond acceptors (Lipinski definition) is 4. The lowest BCUT2D eigenvalue weighted by atomic mass is 10.3. The minimum absolute atomic E-state index is 0.150. The van der Waals surface area contributed by atoms with E-state index in [0.29, 0.717) is 11.4 Å². The number of rotatable bonds is 2. The van der Waals surface area contributed by atoms with Crippen LogP contribution in [0, 0.1) is 0 Å². The predicted molar refractivity (Wildman–Crippen MR) is 58.7 cm³/mol. The van der Waals surface area contributed by atoms with Gasteiger partial charge in [-0.1, -0.05) is 0 Å². The van der Waals surface area contributed by atoms with Crippen molar-refractivity contribution in [3.05, 3.63) is 18.5 Å². The van der Waals surface area contributed by atoms with Crippen molar-refractivity contribution >= 4 is 17.5 Å². The van der Waals surface area contributed by atoms with Gasteiger partial charge in [-0.15, -0.1) is 0 Å². The largest absolute Gasteiger partial charge is 0.446 e. The smallest absolute Gasteiger partial charge is 0.414 e. The molecular weight excluding hydrogens is 194 g/mol. The maximum atomic E-state index is 11.5. The second-order valence-electron chi connectivity index (χ2n) is 3.43. The summed E-state index contributed by atoms with van der Waals surface area (Å²) in [7, 11) is 1.61. The summed E-state index contributed by atoms with van der Waals surface area (Å²) in [4.78, 5) is 16.7. The van der Waals surface area contributed by atoms with E-state index in [9.17, 15) is 4.79 Å². The molecule has 5 nitrogen and oxygen atoms in total. The molecule has 0 atom stereocenters. The first-order valence-electron chi connectivity index (χ1n) is 4.66. The Kier molecular flexibility index (Phi) is 3.49. The van der Waals surface area contributed by atoms with Gasteiger partial charge in [0.15, 0.2) is 0 Å². The zero-order valence-corrected chi connectivity index (χ0v) is 9.10. The summed E-state index contributed by atoms with van der Waals surface area (Å²) < 4.78 is 5.03. The number of amides is 1. The number of pyridine rings is 1. The van der Waals surface area contributed by atoms with Crippen LogP contribution in [0.3, 0.4) is 0 Å². The second-order valence-corrected chi connectivity index (χ2v) is 3.43. The fourth-order valence-corrected chi connectivity index (χ4v) is 1.08. The molecule has 0 aliphatic rings. The molecule has 15 heavy (non-hydrogen) atoms. The Labute approximate surface area is 88.9 Å². The van der Waals surface area contributed by atoms with Crippen LogP contribution in [0.25, 0.3) is 0 Å². The van der Waals surface area contributed by atoms with Crippen LogP contribution in [-0.2, 0) is 4.74 Å². The molecule has 0 aliphatic carbocycles. The van der Waals surface area contributed by atoms with Gasteiger partial charge in [0.05, 0.1) is 23.7 Å². The van der Waals surface area contributed by atoms with Gasteiger partial charge in [-0.05, 0) is 19.9 Å². The van der Waals surface area contributed by atoms with Crippen molar-refractivity contribution in [2.45, 2.75) is 20.0 Å². The minimum atomic E-state index is -0.428. The Hall–Kier alpha value is -1.78. The van der Waals surface area contributed by atoms with Crippen molar-refractivity contribution in [3.8, 4) is 0 Å². The highest BCUT2D eigenvalue weighted by Gasteiger charge is 2.15. The van der Waals surface area contributed by atoms with E-state index in [1.165, 1.54) is 11.1 Å². The quantitative estimate of drug-likeness (QED) is 0.804. The number of hydrogen-bond donors (Lipinski definition) is 1. The van der Waals surface area contributed by atoms with E-state index < -0.39 is 6.09 Å². The molecule has 1 heterocycles. The standard InChI is InChI=1S/C10H15N3O2/c1-7(2)15-10(14)13(3)9-4-5-12-6-8(9)11/h4-7H,11H2,1-3H3. The number of nitrogen functional groups attached to an aromatic ring is 1. The molecule has 1 aromatic heterocycles. The van der Waals surface area contributed by atoms with Gasteiger partial charge in [0.1, 0.15) is 0 Å². The Bertz CT molecular complexity index is 352. The summed E-state index contributed by atoms with van der Waals surface area (Å²) in [6.45, 7) is 3.59. The van der Waals surface area contributed by atoms with Crippen molar-refractivity contribution in [1.82, 2.24) is 4.98 Å². The van der Waals surface area contributed by atoms with Crippen LogP contribution < -0.4 is 10.6 Å². The normalized spacial score (nSPS) is 10.1. The molecule has 0 bridgehead atoms. The maximum Gasteiger partial charge on any atom is 0.414 e. The molecule has 0 spiro atoms. The summed E-state index contributed by atoms with van der Waals surface area (Å²) in [6, 6.07) is 1.66. The first-order valence-corrected chi connectivity index (χ1v) is 4.66. The number of anilines is 2. The van der Waals surface area contributed by atoms with Crippen molar-refractivity contribution in [2.75, 3.05) is 17.7 Å². The van der Waals surface area contributed by atoms with Gasteiger partial charge in [0, 0.05) is 13.2 Å². The van der Waals surface area contributed by atoms with Crippen LogP contribution >= 0.6 is 0 Å². The van der Waals surface area contributed by atoms with Crippen LogP contribution in [0.4, 0.5) is 16.2 Å². The summed E-state index contributed by atoms with van der Waals surface area (Å²) in [5, 5.41) is 0. The average molecular weight is 209 g/mol. The maximum absolute atomic E-state index is 11.5. The molecule has 0 fully saturated rings. The Morgan fingerprint density at radius 3 is 2.80 bits per heavy atom. The zero-order chi connectivity index (χ0) is 11.4. The molecule has 0 unspecified atom stereocenters. The summed E-state index contributed by atoms with van der Waals surface area (Å²) >= 11 is 0. The van der Waals surface area contributed by atoms with Gasteiger partial charge in [-0.3, -0.25) is 9.88 Å². The number of ether oxygens (including phenoxy) is 1. The summed E-state index contributed by atoms with van der Waals surface area (Å²) in [6.07, 6.45) is 2.49. The number of nitrogens with zero attached hydrogens (tertiary/aromatic N) is 2. The van der Waals surface area contributed by atoms with E-state index in [1.54, 1.807) is 33.2 Å². The average Bonchev–Trinajstić information content (AvgIpc) is 2.16. The van der Waals surface area contributed by atoms with Crippen molar-refractivity contribution in [3.63, 3.8) is 0 Å². The Morgan fingerprint density at radius 1 is 1.60 bits per heavy atom. The van der Waals surface area contributed by atoms with Crippen LogP contribution in [0.15, 0.2) is 18.5 Å². The molecular formula is C10H15N3O2. The lowest BCUT2D eigenvalue weighted by molar-refractivity contribution is 0.124. The van der Waals surface area contributed by atoms with E-state index in [-0.39, 0.29) is 6.10 Å². The highest BCUT2D eigenvalue weighted by molar-refractivity contribution is 5.90. The third-order valence-electron chi connectivity index (χ3n) is 1.80. The van der Waals surface area contributed by atoms with E-state index in [4.69, 9.17) is 10.5 Å². The lowest BCUT2D eigenvalue weighted by Crippen LogP contribution is -2.29. The molecule has 1 rings (SSSR count). The minimum Gasteiger partial charge on any atom is -0.446 e. The second kappa shape index (κ2) is 4.63. The molecule has 82 valence electrons. The van der Waals surface area contributed by atoms with Gasteiger partial charge in [-0.25, -0.2) is 4.79 Å². The lowest BCUT2D eigenvalue weighted by Gasteiger charge is -2.19. The van der Waals surface area contributed by atoms with Crippen LogP contribution in [0.1, 0.15) is 13.8 Å². The first kappa shape index (κ1) is 11.3. The monoisotopic (exact) mass is 209 g/mol. The topological polar surface area (TPSA) is 68.5 Å². The van der Waals surface area contributed by atoms with Gasteiger partial charge in [0.2, 0.25) is 0 Å². The molecule has 0 aromatic carbocycles. The predicted octanol–water partition coefficient (Wildman–Crippen LogP) is 1.64. The third kappa shape index (κ3) is 2.83. The van der Waals surface area contributed by atoms with E-state index in [1.807, 2.05) is 0 Å². The summed E-state index contributed by atoms with van der Waals surface area (Å²) in [5.74, 6) is 0. The van der Waals surface area contributed by atoms with Crippen molar-refractivity contribution < 1.29 is 9.53 Å². The van der Waals surface area contributed by atoms with Crippen LogP contribution in [0.5, 0.6) is 0 Å². The van der Waals surface area contributed by atoms with E-state index >= 15 is 0 Å². The first-order chi connectivity index (χ1) is 7.02.